The number of aryl methyl sites for hydroxylation is 1. The third-order valence-electron chi connectivity index (χ3n) is 4.98. The number of anilines is 1. The molecule has 148 valence electrons. The third kappa shape index (κ3) is 3.85. The molecule has 29 heavy (non-hydrogen) atoms. The van der Waals surface area contributed by atoms with E-state index in [1.807, 2.05) is 13.0 Å². The van der Waals surface area contributed by atoms with Gasteiger partial charge in [0, 0.05) is 22.7 Å². The van der Waals surface area contributed by atoms with Crippen LogP contribution in [0.5, 0.6) is 5.75 Å². The van der Waals surface area contributed by atoms with Gasteiger partial charge in [-0.3, -0.25) is 9.59 Å². The first-order valence-corrected chi connectivity index (χ1v) is 9.42. The summed E-state index contributed by atoms with van der Waals surface area (Å²) in [6, 6.07) is 12.5. The zero-order valence-electron chi connectivity index (χ0n) is 16.3. The van der Waals surface area contributed by atoms with Gasteiger partial charge in [0.05, 0.1) is 7.11 Å². The van der Waals surface area contributed by atoms with E-state index in [4.69, 9.17) is 10.5 Å². The zero-order valence-corrected chi connectivity index (χ0v) is 16.3. The second-order valence-electron chi connectivity index (χ2n) is 7.18. The van der Waals surface area contributed by atoms with E-state index in [9.17, 15) is 9.59 Å². The van der Waals surface area contributed by atoms with E-state index in [1.165, 1.54) is 0 Å². The van der Waals surface area contributed by atoms with Crippen LogP contribution in [0.25, 0.3) is 11.4 Å². The molecule has 3 aromatic rings. The number of hydrogen-bond acceptors (Lipinski definition) is 5. The fourth-order valence-electron chi connectivity index (χ4n) is 3.09. The van der Waals surface area contributed by atoms with E-state index in [0.29, 0.717) is 22.7 Å². The first kappa shape index (κ1) is 18.7. The lowest BCUT2D eigenvalue weighted by Gasteiger charge is -2.07. The largest absolute Gasteiger partial charge is 0.497 e. The number of nitrogens with two attached hydrogens (primary N) is 1. The Hall–Kier alpha value is -3.61. The predicted octanol–water partition coefficient (Wildman–Crippen LogP) is 3.10. The molecule has 1 amide bonds. The first-order chi connectivity index (χ1) is 14.0. The van der Waals surface area contributed by atoms with Crippen molar-refractivity contribution >= 4 is 17.5 Å². The Labute approximate surface area is 168 Å². The summed E-state index contributed by atoms with van der Waals surface area (Å²) in [5.74, 6) is 0.870. The molecular weight excluding hydrogens is 368 g/mol. The number of imidazole rings is 1. The van der Waals surface area contributed by atoms with Gasteiger partial charge >= 0.3 is 0 Å². The minimum atomic E-state index is -0.260. The van der Waals surface area contributed by atoms with Crippen molar-refractivity contribution < 1.29 is 14.3 Å². The number of aromatic amines is 1. The molecule has 1 fully saturated rings. The summed E-state index contributed by atoms with van der Waals surface area (Å²) in [5.41, 5.74) is 8.93. The Balaban J connectivity index is 1.64. The first-order valence-electron chi connectivity index (χ1n) is 9.42. The number of amides is 1. The molecule has 1 aliphatic rings. The topological polar surface area (TPSA) is 110 Å². The second kappa shape index (κ2) is 7.43. The van der Waals surface area contributed by atoms with E-state index in [-0.39, 0.29) is 29.2 Å². The van der Waals surface area contributed by atoms with E-state index in [1.54, 1.807) is 43.5 Å². The minimum absolute atomic E-state index is 0.109. The number of nitrogens with one attached hydrogen (secondary N) is 2. The number of nitrogen functional groups attached to an aromatic ring is 1. The molecule has 7 nitrogen and oxygen atoms in total. The van der Waals surface area contributed by atoms with Crippen molar-refractivity contribution in [1.82, 2.24) is 15.3 Å². The number of carbonyl (C=O) groups excluding carboxylic acids is 2. The Kier molecular flexibility index (Phi) is 4.80. The third-order valence-corrected chi connectivity index (χ3v) is 4.98. The molecule has 7 heteroatoms. The molecule has 0 saturated heterocycles. The van der Waals surface area contributed by atoms with Crippen molar-refractivity contribution in [3.8, 4) is 17.1 Å². The maximum Gasteiger partial charge on any atom is 0.251 e. The Morgan fingerprint density at radius 2 is 1.83 bits per heavy atom. The van der Waals surface area contributed by atoms with Gasteiger partial charge in [0.15, 0.2) is 5.82 Å². The molecule has 2 aromatic carbocycles. The molecule has 4 rings (SSSR count). The Morgan fingerprint density at radius 1 is 1.14 bits per heavy atom. The maximum atomic E-state index is 12.8. The van der Waals surface area contributed by atoms with Crippen LogP contribution in [0, 0.1) is 6.92 Å². The highest BCUT2D eigenvalue weighted by Crippen LogP contribution is 2.27. The lowest BCUT2D eigenvalue weighted by Crippen LogP contribution is -2.25. The number of ether oxygens (including phenoxy) is 1. The van der Waals surface area contributed by atoms with Crippen LogP contribution in [0.15, 0.2) is 42.5 Å². The Morgan fingerprint density at radius 3 is 2.48 bits per heavy atom. The lowest BCUT2D eigenvalue weighted by molar-refractivity contribution is 0.0950. The fraction of sp³-hybridized carbons (Fsp3) is 0.227. The summed E-state index contributed by atoms with van der Waals surface area (Å²) in [5, 5.41) is 2.98. The molecule has 0 bridgehead atoms. The number of methoxy groups -OCH3 is 1. The molecule has 0 aliphatic heterocycles. The summed E-state index contributed by atoms with van der Waals surface area (Å²) >= 11 is 0. The number of aromatic nitrogens is 2. The van der Waals surface area contributed by atoms with Crippen LogP contribution in [0.3, 0.4) is 0 Å². The van der Waals surface area contributed by atoms with Crippen LogP contribution in [-0.4, -0.2) is 34.8 Å². The SMILES string of the molecule is COc1ccc(C(=O)c2[nH]c(-c3cc(C(=O)NC4CC4)ccc3C)nc2N)cc1. The van der Waals surface area contributed by atoms with E-state index < -0.39 is 0 Å². The van der Waals surface area contributed by atoms with Gasteiger partial charge in [0.1, 0.15) is 17.3 Å². The fourth-order valence-corrected chi connectivity index (χ4v) is 3.09. The Bertz CT molecular complexity index is 1080. The summed E-state index contributed by atoms with van der Waals surface area (Å²) < 4.78 is 5.12. The van der Waals surface area contributed by atoms with Crippen LogP contribution in [-0.2, 0) is 0 Å². The number of rotatable bonds is 6. The summed E-state index contributed by atoms with van der Waals surface area (Å²) in [4.78, 5) is 32.6. The molecule has 1 aliphatic carbocycles. The maximum absolute atomic E-state index is 12.8. The average molecular weight is 390 g/mol. The van der Waals surface area contributed by atoms with Crippen molar-refractivity contribution in [1.29, 1.82) is 0 Å². The number of nitrogens with zero attached hydrogens (tertiary/aromatic N) is 1. The van der Waals surface area contributed by atoms with Crippen molar-refractivity contribution in [3.05, 3.63) is 64.8 Å². The quantitative estimate of drug-likeness (QED) is 0.560. The van der Waals surface area contributed by atoms with Crippen LogP contribution >= 0.6 is 0 Å². The smallest absolute Gasteiger partial charge is 0.251 e. The summed E-state index contributed by atoms with van der Waals surface area (Å²) in [6.07, 6.45) is 2.05. The van der Waals surface area contributed by atoms with Crippen LogP contribution in [0.2, 0.25) is 0 Å². The van der Waals surface area contributed by atoms with Gasteiger partial charge in [-0.05, 0) is 61.7 Å². The second-order valence-corrected chi connectivity index (χ2v) is 7.18. The number of ketones is 1. The normalized spacial score (nSPS) is 13.2. The molecule has 0 radical (unpaired) electrons. The number of hydrogen-bond donors (Lipinski definition) is 3. The van der Waals surface area contributed by atoms with Crippen molar-refractivity contribution in [2.75, 3.05) is 12.8 Å². The molecule has 1 heterocycles. The van der Waals surface area contributed by atoms with Crippen molar-refractivity contribution in [2.24, 2.45) is 0 Å². The van der Waals surface area contributed by atoms with E-state index >= 15 is 0 Å². The van der Waals surface area contributed by atoms with Gasteiger partial charge in [0.2, 0.25) is 5.78 Å². The van der Waals surface area contributed by atoms with Gasteiger partial charge in [-0.1, -0.05) is 6.07 Å². The van der Waals surface area contributed by atoms with Crippen molar-refractivity contribution in [2.45, 2.75) is 25.8 Å². The van der Waals surface area contributed by atoms with Gasteiger partial charge in [-0.2, -0.15) is 0 Å². The summed E-state index contributed by atoms with van der Waals surface area (Å²) in [7, 11) is 1.57. The number of H-pyrrole nitrogens is 1. The van der Waals surface area contributed by atoms with E-state index in [0.717, 1.165) is 24.0 Å². The van der Waals surface area contributed by atoms with Gasteiger partial charge in [0.25, 0.3) is 5.91 Å². The molecule has 4 N–H and O–H groups in total. The monoisotopic (exact) mass is 390 g/mol. The zero-order chi connectivity index (χ0) is 20.5. The highest BCUT2D eigenvalue weighted by Gasteiger charge is 2.24. The molecular formula is C22H22N4O3. The standard InChI is InChI=1S/C22H22N4O3/c1-12-3-4-14(22(28)24-15-7-8-15)11-17(12)21-25-18(20(23)26-21)19(27)13-5-9-16(29-2)10-6-13/h3-6,9-11,15H,7-8,23H2,1-2H3,(H,24,28)(H,25,26). The van der Waals surface area contributed by atoms with E-state index in [2.05, 4.69) is 15.3 Å². The van der Waals surface area contributed by atoms with Gasteiger partial charge < -0.3 is 20.8 Å². The van der Waals surface area contributed by atoms with Crippen molar-refractivity contribution in [3.63, 3.8) is 0 Å². The minimum Gasteiger partial charge on any atom is -0.497 e. The molecule has 0 atom stereocenters. The average Bonchev–Trinajstić information content (AvgIpc) is 3.46. The number of benzene rings is 2. The van der Waals surface area contributed by atoms with Gasteiger partial charge in [-0.15, -0.1) is 0 Å². The van der Waals surface area contributed by atoms with Gasteiger partial charge in [-0.25, -0.2) is 4.98 Å². The van der Waals surface area contributed by atoms with Crippen LogP contribution in [0.4, 0.5) is 5.82 Å². The molecule has 0 spiro atoms. The highest BCUT2D eigenvalue weighted by atomic mass is 16.5. The van der Waals surface area contributed by atoms with Crippen LogP contribution in [0.1, 0.15) is 44.8 Å². The summed E-state index contributed by atoms with van der Waals surface area (Å²) in [6.45, 7) is 1.92. The molecule has 0 unspecified atom stereocenters. The predicted molar refractivity (Wildman–Crippen MR) is 110 cm³/mol. The molecule has 1 aromatic heterocycles. The number of carbonyl (C=O) groups is 2. The molecule has 1 saturated carbocycles. The highest BCUT2D eigenvalue weighted by molar-refractivity contribution is 6.10. The van der Waals surface area contributed by atoms with Crippen LogP contribution < -0.4 is 15.8 Å². The lowest BCUT2D eigenvalue weighted by atomic mass is 10.0.